The Morgan fingerprint density at radius 2 is 1.93 bits per heavy atom. The monoisotopic (exact) mass is 224 g/mol. The van der Waals surface area contributed by atoms with Gasteiger partial charge in [-0.3, -0.25) is 14.9 Å². The van der Waals surface area contributed by atoms with Gasteiger partial charge in [-0.1, -0.05) is 0 Å². The second kappa shape index (κ2) is 5.78. The van der Waals surface area contributed by atoms with Crippen LogP contribution < -0.4 is 5.56 Å². The van der Waals surface area contributed by atoms with Crippen LogP contribution in [0.1, 0.15) is 5.56 Å². The topological polar surface area (TPSA) is 76.0 Å². The fourth-order valence-electron chi connectivity index (χ4n) is 0.796. The van der Waals surface area contributed by atoms with Crippen molar-refractivity contribution in [3.63, 3.8) is 0 Å². The summed E-state index contributed by atoms with van der Waals surface area (Å²) < 4.78 is 29.0. The van der Waals surface area contributed by atoms with Gasteiger partial charge < -0.3 is 4.98 Å². The van der Waals surface area contributed by atoms with Gasteiger partial charge in [0.2, 0.25) is 0 Å². The molecule has 84 valence electrons. The van der Waals surface area contributed by atoms with Crippen LogP contribution in [0.15, 0.2) is 17.1 Å². The highest BCUT2D eigenvalue weighted by atomic mass is 19.4. The summed E-state index contributed by atoms with van der Waals surface area (Å²) in [5.41, 5.74) is -0.666. The van der Waals surface area contributed by atoms with Gasteiger partial charge in [0, 0.05) is 11.8 Å². The van der Waals surface area contributed by atoms with Crippen molar-refractivity contribution in [1.29, 1.82) is 0 Å². The molecule has 0 saturated carbocycles. The summed E-state index contributed by atoms with van der Waals surface area (Å²) in [5.74, 6) is 0. The molecular formula is C7H7F3N2O3. The molecule has 0 saturated heterocycles. The first kappa shape index (κ1) is 13.1. The van der Waals surface area contributed by atoms with E-state index in [0.717, 1.165) is 0 Å². The number of hydrogen-bond donors (Lipinski definition) is 1. The third kappa shape index (κ3) is 4.79. The normalized spacial score (nSPS) is 9.40. The summed E-state index contributed by atoms with van der Waals surface area (Å²) in [4.78, 5) is 22.6. The standard InChI is InChI=1S/C6H6N2O3.CHF3/c1-4-2-3-7-6(9)5(4)8(10)11;2-1(3)4/h2-3H,1H3,(H,7,9);1H. The van der Waals surface area contributed by atoms with E-state index in [1.54, 1.807) is 0 Å². The molecule has 1 aromatic heterocycles. The van der Waals surface area contributed by atoms with Crippen LogP contribution in [0.3, 0.4) is 0 Å². The van der Waals surface area contributed by atoms with Crippen molar-refractivity contribution >= 4 is 5.69 Å². The number of nitrogens with zero attached hydrogens (tertiary/aromatic N) is 1. The average molecular weight is 224 g/mol. The lowest BCUT2D eigenvalue weighted by Gasteiger charge is -1.92. The second-order valence-corrected chi connectivity index (χ2v) is 2.34. The summed E-state index contributed by atoms with van der Waals surface area (Å²) in [5, 5.41) is 10.2. The summed E-state index contributed by atoms with van der Waals surface area (Å²) in [6, 6.07) is 1.49. The number of aromatic amines is 1. The number of hydrogen-bond acceptors (Lipinski definition) is 3. The smallest absolute Gasteiger partial charge is 0.323 e. The van der Waals surface area contributed by atoms with Crippen molar-refractivity contribution in [2.75, 3.05) is 0 Å². The maximum absolute atomic E-state index is 10.8. The van der Waals surface area contributed by atoms with Gasteiger partial charge in [0.1, 0.15) is 0 Å². The third-order valence-electron chi connectivity index (χ3n) is 1.32. The Balaban J connectivity index is 0.000000423. The number of pyridine rings is 1. The number of aryl methyl sites for hydroxylation is 1. The third-order valence-corrected chi connectivity index (χ3v) is 1.32. The molecule has 1 heterocycles. The molecule has 0 atom stereocenters. The van der Waals surface area contributed by atoms with E-state index < -0.39 is 17.2 Å². The molecular weight excluding hydrogens is 217 g/mol. The lowest BCUT2D eigenvalue weighted by molar-refractivity contribution is -0.386. The van der Waals surface area contributed by atoms with Crippen LogP contribution in [-0.2, 0) is 0 Å². The van der Waals surface area contributed by atoms with Gasteiger partial charge in [0.25, 0.3) is 0 Å². The average Bonchev–Trinajstić information content (AvgIpc) is 2.01. The van der Waals surface area contributed by atoms with Crippen molar-refractivity contribution in [3.8, 4) is 0 Å². The van der Waals surface area contributed by atoms with E-state index in [-0.39, 0.29) is 5.69 Å². The molecule has 0 aliphatic heterocycles. The van der Waals surface area contributed by atoms with Crippen LogP contribution in [0.4, 0.5) is 18.9 Å². The number of alkyl halides is 3. The van der Waals surface area contributed by atoms with Gasteiger partial charge in [0.15, 0.2) is 0 Å². The zero-order valence-corrected chi connectivity index (χ0v) is 7.54. The quantitative estimate of drug-likeness (QED) is 0.583. The lowest BCUT2D eigenvalue weighted by Crippen LogP contribution is -2.11. The predicted molar refractivity (Wildman–Crippen MR) is 45.6 cm³/mol. The van der Waals surface area contributed by atoms with Crippen LogP contribution >= 0.6 is 0 Å². The molecule has 0 spiro atoms. The SMILES string of the molecule is Cc1cc[nH]c(=O)c1[N+](=O)[O-].FC(F)F. The number of rotatable bonds is 1. The van der Waals surface area contributed by atoms with E-state index in [0.29, 0.717) is 5.56 Å². The zero-order valence-electron chi connectivity index (χ0n) is 7.54. The molecule has 0 radical (unpaired) electrons. The summed E-state index contributed by atoms with van der Waals surface area (Å²) >= 11 is 0. The van der Waals surface area contributed by atoms with Crippen molar-refractivity contribution in [1.82, 2.24) is 4.98 Å². The molecule has 0 aliphatic rings. The van der Waals surface area contributed by atoms with Gasteiger partial charge in [0.05, 0.1) is 4.92 Å². The first-order valence-electron chi connectivity index (χ1n) is 3.61. The van der Waals surface area contributed by atoms with Crippen LogP contribution in [0.5, 0.6) is 0 Å². The van der Waals surface area contributed by atoms with Crippen molar-refractivity contribution in [3.05, 3.63) is 38.3 Å². The second-order valence-electron chi connectivity index (χ2n) is 2.34. The Labute approximate surface area is 81.7 Å². The first-order chi connectivity index (χ1) is 6.86. The number of nitro groups is 1. The van der Waals surface area contributed by atoms with E-state index in [1.165, 1.54) is 19.2 Å². The molecule has 0 bridgehead atoms. The Kier molecular flexibility index (Phi) is 5.07. The number of aromatic nitrogens is 1. The minimum absolute atomic E-state index is 0.374. The van der Waals surface area contributed by atoms with Gasteiger partial charge >= 0.3 is 17.9 Å². The number of halogens is 3. The van der Waals surface area contributed by atoms with E-state index in [9.17, 15) is 28.1 Å². The van der Waals surface area contributed by atoms with Crippen molar-refractivity contribution in [2.45, 2.75) is 13.6 Å². The van der Waals surface area contributed by atoms with Crippen LogP contribution in [-0.4, -0.2) is 16.6 Å². The molecule has 1 rings (SSSR count). The molecule has 0 fully saturated rings. The Hall–Kier alpha value is -1.86. The lowest BCUT2D eigenvalue weighted by atomic mass is 10.2. The largest absolute Gasteiger partial charge is 0.379 e. The van der Waals surface area contributed by atoms with E-state index >= 15 is 0 Å². The maximum atomic E-state index is 10.8. The van der Waals surface area contributed by atoms with Crippen LogP contribution in [0.2, 0.25) is 0 Å². The molecule has 0 unspecified atom stereocenters. The van der Waals surface area contributed by atoms with Crippen LogP contribution in [0.25, 0.3) is 0 Å². The molecule has 8 heteroatoms. The first-order valence-corrected chi connectivity index (χ1v) is 3.61. The number of nitrogens with one attached hydrogen (secondary N) is 1. The molecule has 0 aliphatic carbocycles. The van der Waals surface area contributed by atoms with Crippen LogP contribution in [0, 0.1) is 17.0 Å². The minimum atomic E-state index is -3.67. The Bertz CT molecular complexity index is 389. The summed E-state index contributed by atoms with van der Waals surface area (Å²) in [6.45, 7) is -2.15. The Morgan fingerprint density at radius 1 is 1.47 bits per heavy atom. The highest BCUT2D eigenvalue weighted by molar-refractivity contribution is 5.34. The van der Waals surface area contributed by atoms with Crippen molar-refractivity contribution < 1.29 is 18.1 Å². The van der Waals surface area contributed by atoms with E-state index in [1.807, 2.05) is 0 Å². The number of H-pyrrole nitrogens is 1. The molecule has 1 N–H and O–H groups in total. The predicted octanol–water partition coefficient (Wildman–Crippen LogP) is 1.77. The van der Waals surface area contributed by atoms with Gasteiger partial charge in [-0.15, -0.1) is 0 Å². The molecule has 0 amide bonds. The van der Waals surface area contributed by atoms with Gasteiger partial charge in [-0.2, -0.15) is 13.2 Å². The van der Waals surface area contributed by atoms with E-state index in [2.05, 4.69) is 4.98 Å². The minimum Gasteiger partial charge on any atom is -0.323 e. The van der Waals surface area contributed by atoms with E-state index in [4.69, 9.17) is 0 Å². The summed E-state index contributed by atoms with van der Waals surface area (Å²) in [6.07, 6.45) is 1.38. The van der Waals surface area contributed by atoms with Gasteiger partial charge in [-0.05, 0) is 13.0 Å². The molecule has 5 nitrogen and oxygen atoms in total. The fraction of sp³-hybridized carbons (Fsp3) is 0.286. The van der Waals surface area contributed by atoms with Gasteiger partial charge in [-0.25, -0.2) is 0 Å². The van der Waals surface area contributed by atoms with Crippen molar-refractivity contribution in [2.24, 2.45) is 0 Å². The molecule has 1 aromatic rings. The summed E-state index contributed by atoms with van der Waals surface area (Å²) in [7, 11) is 0. The fourth-order valence-corrected chi connectivity index (χ4v) is 0.796. The molecule has 0 aromatic carbocycles. The zero-order chi connectivity index (χ0) is 12.0. The molecule has 15 heavy (non-hydrogen) atoms. The highest BCUT2D eigenvalue weighted by Crippen LogP contribution is 2.08. The highest BCUT2D eigenvalue weighted by Gasteiger charge is 2.14. The Morgan fingerprint density at radius 3 is 2.20 bits per heavy atom. The maximum Gasteiger partial charge on any atom is 0.379 e.